The molecule has 0 aliphatic carbocycles. The van der Waals surface area contributed by atoms with Crippen LogP contribution in [-0.4, -0.2) is 45.4 Å². The molecule has 2 N–H and O–H groups in total. The lowest BCUT2D eigenvalue weighted by atomic mass is 10.2. The molecule has 3 rings (SSSR count). The number of hydrogen-bond acceptors (Lipinski definition) is 4. The van der Waals surface area contributed by atoms with Crippen LogP contribution in [0.3, 0.4) is 0 Å². The van der Waals surface area contributed by atoms with Gasteiger partial charge in [-0.25, -0.2) is 8.42 Å². The number of aliphatic imine (C=N–C) groups is 1. The minimum Gasteiger partial charge on any atom is -0.356 e. The number of thiophene rings is 1. The van der Waals surface area contributed by atoms with E-state index in [0.29, 0.717) is 24.5 Å². The zero-order valence-corrected chi connectivity index (χ0v) is 20.6. The van der Waals surface area contributed by atoms with Gasteiger partial charge in [-0.2, -0.15) is 4.31 Å². The Bertz CT molecular complexity index is 862. The molecule has 0 radical (unpaired) electrons. The average Bonchev–Trinajstić information content (AvgIpc) is 3.25. The van der Waals surface area contributed by atoms with E-state index in [2.05, 4.69) is 33.1 Å². The first-order valence-corrected chi connectivity index (χ1v) is 12.0. The number of benzene rings is 1. The Morgan fingerprint density at radius 1 is 1.10 bits per heavy atom. The molecule has 1 fully saturated rings. The Morgan fingerprint density at radius 3 is 2.45 bits per heavy atom. The van der Waals surface area contributed by atoms with Crippen molar-refractivity contribution in [1.29, 1.82) is 0 Å². The Morgan fingerprint density at radius 2 is 1.83 bits per heavy atom. The fraction of sp³-hybridized carbons (Fsp3) is 0.450. The van der Waals surface area contributed by atoms with Gasteiger partial charge in [0.05, 0.1) is 4.90 Å². The molecule has 0 unspecified atom stereocenters. The number of guanidine groups is 1. The van der Waals surface area contributed by atoms with Crippen molar-refractivity contribution < 1.29 is 8.42 Å². The fourth-order valence-corrected chi connectivity index (χ4v) is 5.42. The second-order valence-electron chi connectivity index (χ2n) is 6.79. The summed E-state index contributed by atoms with van der Waals surface area (Å²) in [5.41, 5.74) is 1.01. The van der Waals surface area contributed by atoms with E-state index >= 15 is 0 Å². The molecule has 0 spiro atoms. The molecular weight excluding hydrogens is 519 g/mol. The lowest BCUT2D eigenvalue weighted by Gasteiger charge is -2.25. The molecule has 6 nitrogen and oxygen atoms in total. The predicted octanol–water partition coefficient (Wildman–Crippen LogP) is 3.45. The lowest BCUT2D eigenvalue weighted by molar-refractivity contribution is 0.346. The minimum atomic E-state index is -3.37. The van der Waals surface area contributed by atoms with Gasteiger partial charge in [-0.1, -0.05) is 24.6 Å². The van der Waals surface area contributed by atoms with Crippen molar-refractivity contribution in [3.8, 4) is 0 Å². The van der Waals surface area contributed by atoms with E-state index in [1.165, 1.54) is 4.88 Å². The molecule has 1 saturated heterocycles. The van der Waals surface area contributed by atoms with Crippen LogP contribution < -0.4 is 10.6 Å². The highest BCUT2D eigenvalue weighted by atomic mass is 127. The first-order chi connectivity index (χ1) is 13.6. The molecule has 29 heavy (non-hydrogen) atoms. The highest BCUT2D eigenvalue weighted by Gasteiger charge is 2.25. The van der Waals surface area contributed by atoms with Crippen LogP contribution in [0.15, 0.2) is 51.7 Å². The molecule has 1 aliphatic heterocycles. The number of halogens is 1. The molecule has 0 atom stereocenters. The number of piperidine rings is 1. The van der Waals surface area contributed by atoms with Gasteiger partial charge in [0.2, 0.25) is 10.0 Å². The van der Waals surface area contributed by atoms with Gasteiger partial charge in [0.25, 0.3) is 0 Å². The molecule has 1 aromatic carbocycles. The topological polar surface area (TPSA) is 73.8 Å². The summed E-state index contributed by atoms with van der Waals surface area (Å²) in [6.07, 6.45) is 3.96. The van der Waals surface area contributed by atoms with Gasteiger partial charge >= 0.3 is 0 Å². The molecule has 160 valence electrons. The first-order valence-electron chi connectivity index (χ1n) is 9.65. The summed E-state index contributed by atoms with van der Waals surface area (Å²) < 4.78 is 27.0. The van der Waals surface area contributed by atoms with Gasteiger partial charge in [-0.3, -0.25) is 4.99 Å². The van der Waals surface area contributed by atoms with E-state index in [9.17, 15) is 8.42 Å². The van der Waals surface area contributed by atoms with Gasteiger partial charge < -0.3 is 10.6 Å². The van der Waals surface area contributed by atoms with Gasteiger partial charge in [0, 0.05) is 38.1 Å². The quantitative estimate of drug-likeness (QED) is 0.316. The summed E-state index contributed by atoms with van der Waals surface area (Å²) in [5, 5.41) is 8.65. The zero-order chi connectivity index (χ0) is 19.8. The van der Waals surface area contributed by atoms with E-state index in [-0.39, 0.29) is 24.0 Å². The second-order valence-corrected chi connectivity index (χ2v) is 9.76. The number of hydrogen-bond donors (Lipinski definition) is 2. The maximum atomic E-state index is 12.7. The first kappa shape index (κ1) is 24.1. The highest BCUT2D eigenvalue weighted by Crippen LogP contribution is 2.20. The van der Waals surface area contributed by atoms with E-state index in [1.807, 2.05) is 12.1 Å². The molecule has 1 aliphatic rings. The molecular formula is C20H29IN4O2S2. The number of rotatable bonds is 7. The van der Waals surface area contributed by atoms with Crippen LogP contribution in [0.1, 0.15) is 29.7 Å². The summed E-state index contributed by atoms with van der Waals surface area (Å²) in [7, 11) is -1.63. The van der Waals surface area contributed by atoms with Crippen molar-refractivity contribution in [3.63, 3.8) is 0 Å². The van der Waals surface area contributed by atoms with Crippen LogP contribution in [0.25, 0.3) is 0 Å². The SMILES string of the molecule is CN=C(NCCc1cccs1)NCc1ccc(S(=O)(=O)N2CCCCC2)cc1.I. The van der Waals surface area contributed by atoms with Gasteiger partial charge in [0.15, 0.2) is 5.96 Å². The Balaban J connectivity index is 0.00000300. The smallest absolute Gasteiger partial charge is 0.243 e. The predicted molar refractivity (Wildman–Crippen MR) is 131 cm³/mol. The molecule has 1 aromatic heterocycles. The lowest BCUT2D eigenvalue weighted by Crippen LogP contribution is -2.37. The zero-order valence-electron chi connectivity index (χ0n) is 16.6. The third-order valence-corrected chi connectivity index (χ3v) is 7.65. The van der Waals surface area contributed by atoms with E-state index < -0.39 is 10.0 Å². The van der Waals surface area contributed by atoms with Gasteiger partial charge in [-0.05, 0) is 48.4 Å². The fourth-order valence-electron chi connectivity index (χ4n) is 3.20. The largest absolute Gasteiger partial charge is 0.356 e. The van der Waals surface area contributed by atoms with Crippen LogP contribution >= 0.6 is 35.3 Å². The third kappa shape index (κ3) is 6.94. The van der Waals surface area contributed by atoms with Crippen LogP contribution in [-0.2, 0) is 23.0 Å². The average molecular weight is 549 g/mol. The Labute approximate surface area is 194 Å². The molecule has 2 aromatic rings. The Hall–Kier alpha value is -1.17. The van der Waals surface area contributed by atoms with Crippen LogP contribution in [0, 0.1) is 0 Å². The number of nitrogens with zero attached hydrogens (tertiary/aromatic N) is 2. The van der Waals surface area contributed by atoms with Crippen LogP contribution in [0.5, 0.6) is 0 Å². The van der Waals surface area contributed by atoms with E-state index in [1.54, 1.807) is 34.8 Å². The van der Waals surface area contributed by atoms with Crippen molar-refractivity contribution in [3.05, 3.63) is 52.2 Å². The van der Waals surface area contributed by atoms with Crippen LogP contribution in [0.2, 0.25) is 0 Å². The van der Waals surface area contributed by atoms with Crippen LogP contribution in [0.4, 0.5) is 0 Å². The third-order valence-electron chi connectivity index (χ3n) is 4.80. The summed E-state index contributed by atoms with van der Waals surface area (Å²) in [4.78, 5) is 5.95. The monoisotopic (exact) mass is 548 g/mol. The summed E-state index contributed by atoms with van der Waals surface area (Å²) in [6, 6.07) is 11.3. The Kier molecular flexibility index (Phi) is 9.87. The van der Waals surface area contributed by atoms with Crippen molar-refractivity contribution in [2.45, 2.75) is 37.1 Å². The van der Waals surface area contributed by atoms with Gasteiger partial charge in [0.1, 0.15) is 0 Å². The van der Waals surface area contributed by atoms with Gasteiger partial charge in [-0.15, -0.1) is 35.3 Å². The molecule has 0 amide bonds. The van der Waals surface area contributed by atoms with Crippen molar-refractivity contribution in [2.75, 3.05) is 26.7 Å². The number of sulfonamides is 1. The van der Waals surface area contributed by atoms with E-state index in [4.69, 9.17) is 0 Å². The maximum absolute atomic E-state index is 12.7. The molecule has 9 heteroatoms. The minimum absolute atomic E-state index is 0. The summed E-state index contributed by atoms with van der Waals surface area (Å²) >= 11 is 1.75. The second kappa shape index (κ2) is 11.9. The molecule has 2 heterocycles. The van der Waals surface area contributed by atoms with Crippen molar-refractivity contribution >= 4 is 51.3 Å². The van der Waals surface area contributed by atoms with Crippen molar-refractivity contribution in [1.82, 2.24) is 14.9 Å². The van der Waals surface area contributed by atoms with E-state index in [0.717, 1.165) is 43.8 Å². The summed E-state index contributed by atoms with van der Waals surface area (Å²) in [6.45, 7) is 2.65. The summed E-state index contributed by atoms with van der Waals surface area (Å²) in [5.74, 6) is 0.738. The standard InChI is InChI=1S/C20H28N4O2S2.HI/c1-21-20(22-12-11-18-6-5-15-27-18)23-16-17-7-9-19(10-8-17)28(25,26)24-13-3-2-4-14-24;/h5-10,15H,2-4,11-14,16H2,1H3,(H2,21,22,23);1H. The number of nitrogens with one attached hydrogen (secondary N) is 2. The maximum Gasteiger partial charge on any atom is 0.243 e. The molecule has 0 saturated carbocycles. The normalized spacial score (nSPS) is 15.6. The van der Waals surface area contributed by atoms with Crippen molar-refractivity contribution in [2.24, 2.45) is 4.99 Å². The highest BCUT2D eigenvalue weighted by molar-refractivity contribution is 14.0. The molecule has 0 bridgehead atoms.